The summed E-state index contributed by atoms with van der Waals surface area (Å²) in [5.41, 5.74) is -1.29. The summed E-state index contributed by atoms with van der Waals surface area (Å²) in [6.45, 7) is 3.99. The first-order valence-corrected chi connectivity index (χ1v) is 9.92. The first kappa shape index (κ1) is 21.0. The highest BCUT2D eigenvalue weighted by atomic mass is 35.5. The third kappa shape index (κ3) is 4.50. The first-order valence-electron chi connectivity index (χ1n) is 8.10. The van der Waals surface area contributed by atoms with Crippen molar-refractivity contribution in [1.82, 2.24) is 9.21 Å². The van der Waals surface area contributed by atoms with Gasteiger partial charge in [-0.15, -0.1) is 0 Å². The Bertz CT molecular complexity index is 781. The Labute approximate surface area is 155 Å². The number of alkyl halides is 3. The second-order valence-corrected chi connectivity index (χ2v) is 8.72. The number of carbonyl (C=O) groups excluding carboxylic acids is 1. The molecule has 1 saturated heterocycles. The summed E-state index contributed by atoms with van der Waals surface area (Å²) < 4.78 is 66.4. The van der Waals surface area contributed by atoms with Crippen molar-refractivity contribution < 1.29 is 26.4 Å². The van der Waals surface area contributed by atoms with Gasteiger partial charge in [0.25, 0.3) is 0 Å². The maximum atomic E-state index is 13.3. The van der Waals surface area contributed by atoms with Crippen LogP contribution in [-0.4, -0.2) is 49.7 Å². The van der Waals surface area contributed by atoms with Crippen LogP contribution in [-0.2, 0) is 21.0 Å². The lowest BCUT2D eigenvalue weighted by Gasteiger charge is -2.24. The van der Waals surface area contributed by atoms with Crippen LogP contribution in [0, 0.1) is 5.92 Å². The average Bonchev–Trinajstić information content (AvgIpc) is 2.79. The van der Waals surface area contributed by atoms with Gasteiger partial charge in [0.15, 0.2) is 0 Å². The van der Waals surface area contributed by atoms with E-state index in [2.05, 4.69) is 0 Å². The maximum Gasteiger partial charge on any atom is 0.417 e. The van der Waals surface area contributed by atoms with E-state index < -0.39 is 26.7 Å². The molecule has 0 spiro atoms. The summed E-state index contributed by atoms with van der Waals surface area (Å²) in [6.07, 6.45) is -4.49. The number of benzene rings is 1. The predicted octanol–water partition coefficient (Wildman–Crippen LogP) is 3.24. The molecular formula is C16H20ClF3N2O3S. The van der Waals surface area contributed by atoms with Gasteiger partial charge in [-0.3, -0.25) is 4.79 Å². The van der Waals surface area contributed by atoms with E-state index in [0.717, 1.165) is 16.4 Å². The van der Waals surface area contributed by atoms with Crippen LogP contribution in [0.5, 0.6) is 0 Å². The molecule has 1 amide bonds. The van der Waals surface area contributed by atoms with Gasteiger partial charge in [-0.1, -0.05) is 25.4 Å². The molecule has 5 nitrogen and oxygen atoms in total. The van der Waals surface area contributed by atoms with Gasteiger partial charge in [-0.25, -0.2) is 8.42 Å². The summed E-state index contributed by atoms with van der Waals surface area (Å²) in [7, 11) is -4.37. The molecular weight excluding hydrogens is 393 g/mol. The molecule has 0 bridgehead atoms. The summed E-state index contributed by atoms with van der Waals surface area (Å²) >= 11 is 5.62. The van der Waals surface area contributed by atoms with Crippen LogP contribution in [0.25, 0.3) is 0 Å². The largest absolute Gasteiger partial charge is 0.417 e. The number of sulfonamides is 1. The zero-order valence-electron chi connectivity index (χ0n) is 14.4. The smallest absolute Gasteiger partial charge is 0.341 e. The van der Waals surface area contributed by atoms with Crippen molar-refractivity contribution in [1.29, 1.82) is 0 Å². The Morgan fingerprint density at radius 1 is 1.15 bits per heavy atom. The Balaban J connectivity index is 2.33. The molecule has 1 aliphatic rings. The van der Waals surface area contributed by atoms with E-state index in [1.54, 1.807) is 18.7 Å². The van der Waals surface area contributed by atoms with E-state index in [-0.39, 0.29) is 36.5 Å². The molecule has 0 aliphatic carbocycles. The number of carbonyl (C=O) groups is 1. The van der Waals surface area contributed by atoms with Crippen molar-refractivity contribution in [3.63, 3.8) is 0 Å². The molecule has 0 atom stereocenters. The number of hydrogen-bond acceptors (Lipinski definition) is 3. The molecule has 1 aromatic rings. The molecule has 1 heterocycles. The standard InChI is InChI=1S/C16H20ClF3N2O3S/c1-11(2)15(23)21-6-3-7-22(9-8-21)26(24,25)14-5-4-12(17)10-13(14)16(18,19)20/h4-5,10-11H,3,6-9H2,1-2H3. The zero-order chi connectivity index (χ0) is 19.7. The summed E-state index contributed by atoms with van der Waals surface area (Å²) in [5, 5.41) is -0.194. The van der Waals surface area contributed by atoms with Crippen LogP contribution in [0.15, 0.2) is 23.1 Å². The number of hydrogen-bond donors (Lipinski definition) is 0. The van der Waals surface area contributed by atoms with Gasteiger partial charge in [0.1, 0.15) is 0 Å². The molecule has 1 aromatic carbocycles. The van der Waals surface area contributed by atoms with Crippen LogP contribution in [0.4, 0.5) is 13.2 Å². The summed E-state index contributed by atoms with van der Waals surface area (Å²) in [6, 6.07) is 2.61. The third-order valence-electron chi connectivity index (χ3n) is 4.13. The minimum absolute atomic E-state index is 0.0458. The Kier molecular flexibility index (Phi) is 6.24. The van der Waals surface area contributed by atoms with Crippen molar-refractivity contribution in [2.75, 3.05) is 26.2 Å². The fourth-order valence-electron chi connectivity index (χ4n) is 2.81. The van der Waals surface area contributed by atoms with Crippen LogP contribution in [0.3, 0.4) is 0 Å². The monoisotopic (exact) mass is 412 g/mol. The summed E-state index contributed by atoms with van der Waals surface area (Å²) in [5.74, 6) is -0.335. The highest BCUT2D eigenvalue weighted by Gasteiger charge is 2.39. The van der Waals surface area contributed by atoms with Gasteiger partial charge in [-0.05, 0) is 24.6 Å². The van der Waals surface area contributed by atoms with Crippen molar-refractivity contribution >= 4 is 27.5 Å². The zero-order valence-corrected chi connectivity index (χ0v) is 16.0. The molecule has 0 radical (unpaired) electrons. The molecule has 146 valence electrons. The third-order valence-corrected chi connectivity index (χ3v) is 6.32. The normalized spacial score (nSPS) is 17.4. The highest BCUT2D eigenvalue weighted by Crippen LogP contribution is 2.37. The van der Waals surface area contributed by atoms with E-state index in [9.17, 15) is 26.4 Å². The second kappa shape index (κ2) is 7.74. The molecule has 0 aromatic heterocycles. The Morgan fingerprint density at radius 2 is 1.81 bits per heavy atom. The number of amides is 1. The minimum Gasteiger partial charge on any atom is -0.341 e. The van der Waals surface area contributed by atoms with Crippen LogP contribution in [0.2, 0.25) is 5.02 Å². The topological polar surface area (TPSA) is 57.7 Å². The van der Waals surface area contributed by atoms with Crippen molar-refractivity contribution in [2.24, 2.45) is 5.92 Å². The van der Waals surface area contributed by atoms with E-state index in [1.165, 1.54) is 0 Å². The van der Waals surface area contributed by atoms with Gasteiger partial charge < -0.3 is 4.90 Å². The molecule has 2 rings (SSSR count). The Morgan fingerprint density at radius 3 is 2.38 bits per heavy atom. The van der Waals surface area contributed by atoms with Crippen LogP contribution < -0.4 is 0 Å². The van der Waals surface area contributed by atoms with Gasteiger partial charge in [-0.2, -0.15) is 17.5 Å². The quantitative estimate of drug-likeness (QED) is 0.765. The van der Waals surface area contributed by atoms with E-state index in [0.29, 0.717) is 19.0 Å². The molecule has 1 fully saturated rings. The molecule has 26 heavy (non-hydrogen) atoms. The van der Waals surface area contributed by atoms with Crippen LogP contribution >= 0.6 is 11.6 Å². The predicted molar refractivity (Wildman–Crippen MR) is 91.2 cm³/mol. The van der Waals surface area contributed by atoms with Gasteiger partial charge in [0.2, 0.25) is 15.9 Å². The van der Waals surface area contributed by atoms with Gasteiger partial charge in [0, 0.05) is 37.1 Å². The van der Waals surface area contributed by atoms with E-state index in [1.807, 2.05) is 0 Å². The fraction of sp³-hybridized carbons (Fsp3) is 0.562. The molecule has 10 heteroatoms. The highest BCUT2D eigenvalue weighted by molar-refractivity contribution is 7.89. The van der Waals surface area contributed by atoms with Crippen molar-refractivity contribution in [3.8, 4) is 0 Å². The lowest BCUT2D eigenvalue weighted by molar-refractivity contribution is -0.140. The number of rotatable bonds is 3. The van der Waals surface area contributed by atoms with Gasteiger partial charge in [0.05, 0.1) is 10.5 Å². The second-order valence-electron chi connectivity index (χ2n) is 6.38. The number of halogens is 4. The van der Waals surface area contributed by atoms with Crippen LogP contribution in [0.1, 0.15) is 25.8 Å². The molecule has 0 saturated carbocycles. The first-order chi connectivity index (χ1) is 11.9. The Hall–Kier alpha value is -1.32. The SMILES string of the molecule is CC(C)C(=O)N1CCCN(S(=O)(=O)c2ccc(Cl)cc2C(F)(F)F)CC1. The lowest BCUT2D eigenvalue weighted by atomic mass is 10.2. The molecule has 0 unspecified atom stereocenters. The van der Waals surface area contributed by atoms with Crippen molar-refractivity contribution in [2.45, 2.75) is 31.3 Å². The molecule has 1 aliphatic heterocycles. The van der Waals surface area contributed by atoms with Gasteiger partial charge >= 0.3 is 6.18 Å². The maximum absolute atomic E-state index is 13.3. The fourth-order valence-corrected chi connectivity index (χ4v) is 4.64. The van der Waals surface area contributed by atoms with E-state index in [4.69, 9.17) is 11.6 Å². The van der Waals surface area contributed by atoms with Crippen molar-refractivity contribution in [3.05, 3.63) is 28.8 Å². The average molecular weight is 413 g/mol. The van der Waals surface area contributed by atoms with E-state index >= 15 is 0 Å². The lowest BCUT2D eigenvalue weighted by Crippen LogP contribution is -2.39. The molecule has 0 N–H and O–H groups in total. The minimum atomic E-state index is -4.85. The summed E-state index contributed by atoms with van der Waals surface area (Å²) in [4.78, 5) is 12.8. The number of nitrogens with zero attached hydrogens (tertiary/aromatic N) is 2.